The number of aryl methyl sites for hydroxylation is 1. The van der Waals surface area contributed by atoms with Crippen LogP contribution in [0.3, 0.4) is 0 Å². The number of nitrogens with zero attached hydrogens (tertiary/aromatic N) is 1. The van der Waals surface area contributed by atoms with Crippen LogP contribution in [0.25, 0.3) is 11.3 Å². The highest BCUT2D eigenvalue weighted by molar-refractivity contribution is 7.14. The number of ketones is 1. The third kappa shape index (κ3) is 3.19. The van der Waals surface area contributed by atoms with Crippen molar-refractivity contribution in [3.63, 3.8) is 0 Å². The number of rotatable bonds is 3. The number of carbonyl (C=O) groups is 2. The molecule has 3 heterocycles. The first-order valence-corrected chi connectivity index (χ1v) is 10.4. The zero-order valence-corrected chi connectivity index (χ0v) is 16.6. The van der Waals surface area contributed by atoms with Crippen LogP contribution in [-0.4, -0.2) is 34.9 Å². The van der Waals surface area contributed by atoms with Gasteiger partial charge in [0.2, 0.25) is 0 Å². The predicted molar refractivity (Wildman–Crippen MR) is 109 cm³/mol. The fourth-order valence-electron chi connectivity index (χ4n) is 3.83. The number of carbonyl (C=O) groups excluding carboxylic acids is 2. The zero-order chi connectivity index (χ0) is 20.0. The smallest absolute Gasteiger partial charge is 0.274 e. The van der Waals surface area contributed by atoms with Crippen LogP contribution < -0.4 is 14.8 Å². The molecule has 7 nitrogen and oxygen atoms in total. The van der Waals surface area contributed by atoms with Crippen molar-refractivity contribution in [2.75, 3.05) is 18.5 Å². The van der Waals surface area contributed by atoms with Gasteiger partial charge in [-0.05, 0) is 43.5 Å². The fourth-order valence-corrected chi connectivity index (χ4v) is 4.54. The molecule has 0 spiro atoms. The normalized spacial score (nSPS) is 15.1. The van der Waals surface area contributed by atoms with Crippen molar-refractivity contribution in [3.05, 3.63) is 46.1 Å². The second-order valence-corrected chi connectivity index (χ2v) is 7.96. The number of aromatic amines is 1. The molecule has 29 heavy (non-hydrogen) atoms. The van der Waals surface area contributed by atoms with Crippen molar-refractivity contribution in [1.29, 1.82) is 0 Å². The SMILES string of the molecule is Cc1c(C(=O)Nc2nc(-c3ccc4c(c3)OCCO4)cs2)[nH]c2c1C(=O)CCC2. The van der Waals surface area contributed by atoms with Gasteiger partial charge in [0, 0.05) is 28.6 Å². The summed E-state index contributed by atoms with van der Waals surface area (Å²) in [6.07, 6.45) is 2.15. The van der Waals surface area contributed by atoms with Crippen LogP contribution in [0.4, 0.5) is 5.13 Å². The van der Waals surface area contributed by atoms with Gasteiger partial charge >= 0.3 is 0 Å². The molecule has 2 N–H and O–H groups in total. The molecule has 0 radical (unpaired) electrons. The molecule has 148 valence electrons. The van der Waals surface area contributed by atoms with Crippen molar-refractivity contribution in [3.8, 4) is 22.8 Å². The number of anilines is 1. The quantitative estimate of drug-likeness (QED) is 0.682. The van der Waals surface area contributed by atoms with Gasteiger partial charge in [-0.1, -0.05) is 0 Å². The second kappa shape index (κ2) is 7.04. The summed E-state index contributed by atoms with van der Waals surface area (Å²) in [6.45, 7) is 2.89. The average Bonchev–Trinajstić information content (AvgIpc) is 3.33. The number of fused-ring (bicyclic) bond motifs is 2. The number of nitrogens with one attached hydrogen (secondary N) is 2. The number of aromatic nitrogens is 2. The number of hydrogen-bond acceptors (Lipinski definition) is 6. The van der Waals surface area contributed by atoms with Gasteiger partial charge in [0.15, 0.2) is 22.4 Å². The molecule has 3 aromatic rings. The minimum atomic E-state index is -0.284. The van der Waals surface area contributed by atoms with Gasteiger partial charge < -0.3 is 14.5 Å². The summed E-state index contributed by atoms with van der Waals surface area (Å²) in [6, 6.07) is 5.68. The number of hydrogen-bond donors (Lipinski definition) is 2. The van der Waals surface area contributed by atoms with Crippen molar-refractivity contribution < 1.29 is 19.1 Å². The highest BCUT2D eigenvalue weighted by Gasteiger charge is 2.26. The van der Waals surface area contributed by atoms with E-state index in [1.165, 1.54) is 11.3 Å². The van der Waals surface area contributed by atoms with E-state index in [0.29, 0.717) is 47.3 Å². The van der Waals surface area contributed by atoms with E-state index in [2.05, 4.69) is 15.3 Å². The lowest BCUT2D eigenvalue weighted by Gasteiger charge is -2.18. The van der Waals surface area contributed by atoms with Crippen LogP contribution in [0.2, 0.25) is 0 Å². The summed E-state index contributed by atoms with van der Waals surface area (Å²) >= 11 is 1.35. The monoisotopic (exact) mass is 409 g/mol. The Bertz CT molecular complexity index is 1130. The molecule has 1 aliphatic carbocycles. The first kappa shape index (κ1) is 17.9. The molecule has 1 aromatic carbocycles. The maximum Gasteiger partial charge on any atom is 0.274 e. The summed E-state index contributed by atoms with van der Waals surface area (Å²) in [5.74, 6) is 1.25. The van der Waals surface area contributed by atoms with Crippen molar-refractivity contribution >= 4 is 28.2 Å². The van der Waals surface area contributed by atoms with E-state index in [-0.39, 0.29) is 11.7 Å². The van der Waals surface area contributed by atoms with Gasteiger partial charge in [-0.25, -0.2) is 4.98 Å². The Labute approximate surface area is 171 Å². The zero-order valence-electron chi connectivity index (χ0n) is 15.8. The molecule has 1 amide bonds. The van der Waals surface area contributed by atoms with E-state index in [4.69, 9.17) is 9.47 Å². The molecule has 0 saturated heterocycles. The van der Waals surface area contributed by atoms with Gasteiger partial charge in [0.25, 0.3) is 5.91 Å². The summed E-state index contributed by atoms with van der Waals surface area (Å²) < 4.78 is 11.2. The van der Waals surface area contributed by atoms with Crippen LogP contribution in [0.5, 0.6) is 11.5 Å². The third-order valence-corrected chi connectivity index (χ3v) is 5.98. The van der Waals surface area contributed by atoms with Gasteiger partial charge in [0.05, 0.1) is 5.69 Å². The number of benzene rings is 1. The Morgan fingerprint density at radius 1 is 1.21 bits per heavy atom. The summed E-state index contributed by atoms with van der Waals surface area (Å²) in [5.41, 5.74) is 4.33. The number of H-pyrrole nitrogens is 1. The van der Waals surface area contributed by atoms with Crippen LogP contribution in [0.1, 0.15) is 44.9 Å². The van der Waals surface area contributed by atoms with Crippen molar-refractivity contribution in [2.24, 2.45) is 0 Å². The van der Waals surface area contributed by atoms with E-state index in [1.54, 1.807) is 0 Å². The summed E-state index contributed by atoms with van der Waals surface area (Å²) in [4.78, 5) is 32.6. The molecule has 8 heteroatoms. The molecule has 0 fully saturated rings. The number of Topliss-reactive ketones (excluding diaryl/α,β-unsaturated/α-hetero) is 1. The van der Waals surface area contributed by atoms with Crippen LogP contribution in [0.15, 0.2) is 23.6 Å². The summed E-state index contributed by atoms with van der Waals surface area (Å²) in [5, 5.41) is 5.23. The maximum absolute atomic E-state index is 12.8. The van der Waals surface area contributed by atoms with E-state index in [9.17, 15) is 9.59 Å². The highest BCUT2D eigenvalue weighted by Crippen LogP contribution is 2.35. The van der Waals surface area contributed by atoms with E-state index in [0.717, 1.165) is 35.5 Å². The lowest BCUT2D eigenvalue weighted by Crippen LogP contribution is -2.15. The van der Waals surface area contributed by atoms with Gasteiger partial charge in [0.1, 0.15) is 18.9 Å². The van der Waals surface area contributed by atoms with Gasteiger partial charge in [-0.2, -0.15) is 0 Å². The summed E-state index contributed by atoms with van der Waals surface area (Å²) in [7, 11) is 0. The lowest BCUT2D eigenvalue weighted by atomic mass is 9.94. The molecule has 0 unspecified atom stereocenters. The number of amides is 1. The first-order chi connectivity index (χ1) is 14.1. The largest absolute Gasteiger partial charge is 0.486 e. The Hall–Kier alpha value is -3.13. The lowest BCUT2D eigenvalue weighted by molar-refractivity contribution is 0.0971. The molecule has 0 atom stereocenters. The van der Waals surface area contributed by atoms with E-state index < -0.39 is 0 Å². The minimum Gasteiger partial charge on any atom is -0.486 e. The number of thiazole rings is 1. The first-order valence-electron chi connectivity index (χ1n) is 9.51. The molecule has 1 aliphatic heterocycles. The Morgan fingerprint density at radius 3 is 2.86 bits per heavy atom. The molecule has 0 saturated carbocycles. The number of ether oxygens (including phenoxy) is 2. The average molecular weight is 409 g/mol. The van der Waals surface area contributed by atoms with Gasteiger partial charge in [-0.3, -0.25) is 14.9 Å². The third-order valence-electron chi connectivity index (χ3n) is 5.23. The second-order valence-electron chi connectivity index (χ2n) is 7.11. The van der Waals surface area contributed by atoms with Crippen LogP contribution in [-0.2, 0) is 6.42 Å². The standard InChI is InChI=1S/C21H19N3O4S/c1-11-18-13(3-2-4-15(18)25)22-19(11)20(26)24-21-23-14(10-29-21)12-5-6-16-17(9-12)28-8-7-27-16/h5-6,9-10,22H,2-4,7-8H2,1H3,(H,23,24,26). The Kier molecular flexibility index (Phi) is 4.35. The molecule has 2 aromatic heterocycles. The Balaban J connectivity index is 1.37. The topological polar surface area (TPSA) is 93.3 Å². The van der Waals surface area contributed by atoms with E-state index >= 15 is 0 Å². The van der Waals surface area contributed by atoms with Crippen LogP contribution in [0, 0.1) is 6.92 Å². The van der Waals surface area contributed by atoms with Crippen molar-refractivity contribution in [1.82, 2.24) is 9.97 Å². The van der Waals surface area contributed by atoms with Crippen molar-refractivity contribution in [2.45, 2.75) is 26.2 Å². The van der Waals surface area contributed by atoms with Gasteiger partial charge in [-0.15, -0.1) is 11.3 Å². The molecular formula is C21H19N3O4S. The highest BCUT2D eigenvalue weighted by atomic mass is 32.1. The minimum absolute atomic E-state index is 0.106. The molecule has 5 rings (SSSR count). The van der Waals surface area contributed by atoms with E-state index in [1.807, 2.05) is 30.5 Å². The van der Waals surface area contributed by atoms with Crippen LogP contribution >= 0.6 is 11.3 Å². The molecule has 0 bridgehead atoms. The fraction of sp³-hybridized carbons (Fsp3) is 0.286. The predicted octanol–water partition coefficient (Wildman–Crippen LogP) is 3.99. The molecular weight excluding hydrogens is 390 g/mol. The Morgan fingerprint density at radius 2 is 2.03 bits per heavy atom. The maximum atomic E-state index is 12.8. The molecule has 2 aliphatic rings.